The standard InChI is InChI=1S/C13H27NO/c1-5-6-7-8-9-12(4)14-13(15)10-11(2)3/h11-12H,5-10H2,1-4H3,(H,14,15). The zero-order chi connectivity index (χ0) is 11.7. The van der Waals surface area contributed by atoms with Crippen LogP contribution in [0, 0.1) is 5.92 Å². The maximum Gasteiger partial charge on any atom is 0.220 e. The Hall–Kier alpha value is -0.530. The summed E-state index contributed by atoms with van der Waals surface area (Å²) in [6.45, 7) is 8.47. The first-order chi connectivity index (χ1) is 7.06. The molecular formula is C13H27NO. The summed E-state index contributed by atoms with van der Waals surface area (Å²) in [5.41, 5.74) is 0. The molecule has 0 heterocycles. The minimum Gasteiger partial charge on any atom is -0.354 e. The van der Waals surface area contributed by atoms with Gasteiger partial charge in [-0.1, -0.05) is 46.5 Å². The van der Waals surface area contributed by atoms with E-state index in [1.54, 1.807) is 0 Å². The lowest BCUT2D eigenvalue weighted by Crippen LogP contribution is -2.33. The molecule has 0 radical (unpaired) electrons. The molecule has 0 aliphatic carbocycles. The molecule has 1 unspecified atom stereocenters. The van der Waals surface area contributed by atoms with Crippen LogP contribution in [0.1, 0.15) is 66.2 Å². The molecule has 2 heteroatoms. The van der Waals surface area contributed by atoms with E-state index in [0.717, 1.165) is 6.42 Å². The van der Waals surface area contributed by atoms with Gasteiger partial charge in [-0.15, -0.1) is 0 Å². The van der Waals surface area contributed by atoms with E-state index in [9.17, 15) is 4.79 Å². The molecule has 90 valence electrons. The molecule has 0 saturated heterocycles. The van der Waals surface area contributed by atoms with E-state index in [1.165, 1.54) is 25.7 Å². The van der Waals surface area contributed by atoms with Crippen molar-refractivity contribution < 1.29 is 4.79 Å². The Morgan fingerprint density at radius 2 is 1.80 bits per heavy atom. The molecule has 0 bridgehead atoms. The van der Waals surface area contributed by atoms with Crippen molar-refractivity contribution in [2.75, 3.05) is 0 Å². The van der Waals surface area contributed by atoms with Crippen molar-refractivity contribution in [1.29, 1.82) is 0 Å². The van der Waals surface area contributed by atoms with Gasteiger partial charge >= 0.3 is 0 Å². The number of unbranched alkanes of at least 4 members (excludes halogenated alkanes) is 3. The fourth-order valence-electron chi connectivity index (χ4n) is 1.65. The summed E-state index contributed by atoms with van der Waals surface area (Å²) in [7, 11) is 0. The Morgan fingerprint density at radius 1 is 1.13 bits per heavy atom. The van der Waals surface area contributed by atoms with Crippen LogP contribution in [0.2, 0.25) is 0 Å². The Morgan fingerprint density at radius 3 is 2.33 bits per heavy atom. The van der Waals surface area contributed by atoms with E-state index in [4.69, 9.17) is 0 Å². The molecule has 0 rings (SSSR count). The monoisotopic (exact) mass is 213 g/mol. The normalized spacial score (nSPS) is 12.9. The fourth-order valence-corrected chi connectivity index (χ4v) is 1.65. The third kappa shape index (κ3) is 9.77. The van der Waals surface area contributed by atoms with Gasteiger partial charge in [0, 0.05) is 12.5 Å². The smallest absolute Gasteiger partial charge is 0.220 e. The molecule has 1 amide bonds. The third-order valence-corrected chi connectivity index (χ3v) is 2.49. The summed E-state index contributed by atoms with van der Waals surface area (Å²) in [5.74, 6) is 0.658. The van der Waals surface area contributed by atoms with Crippen molar-refractivity contribution in [2.45, 2.75) is 72.3 Å². The largest absolute Gasteiger partial charge is 0.354 e. The van der Waals surface area contributed by atoms with Gasteiger partial charge in [-0.3, -0.25) is 4.79 Å². The van der Waals surface area contributed by atoms with Gasteiger partial charge in [0.15, 0.2) is 0 Å². The average Bonchev–Trinajstić information content (AvgIpc) is 2.10. The maximum absolute atomic E-state index is 11.4. The van der Waals surface area contributed by atoms with Crippen LogP contribution in [0.4, 0.5) is 0 Å². The lowest BCUT2D eigenvalue weighted by Gasteiger charge is -2.14. The van der Waals surface area contributed by atoms with E-state index in [0.29, 0.717) is 18.4 Å². The van der Waals surface area contributed by atoms with Gasteiger partial charge in [0.2, 0.25) is 5.91 Å². The van der Waals surface area contributed by atoms with Crippen LogP contribution in [0.3, 0.4) is 0 Å². The highest BCUT2D eigenvalue weighted by atomic mass is 16.1. The van der Waals surface area contributed by atoms with Crippen LogP contribution >= 0.6 is 0 Å². The Labute approximate surface area is 94.8 Å². The first-order valence-corrected chi connectivity index (χ1v) is 6.35. The van der Waals surface area contributed by atoms with Crippen molar-refractivity contribution in [3.8, 4) is 0 Å². The molecule has 0 aromatic heterocycles. The zero-order valence-corrected chi connectivity index (χ0v) is 10.8. The highest BCUT2D eigenvalue weighted by molar-refractivity contribution is 5.76. The van der Waals surface area contributed by atoms with Crippen LogP contribution < -0.4 is 5.32 Å². The minimum absolute atomic E-state index is 0.202. The fraction of sp³-hybridized carbons (Fsp3) is 0.923. The summed E-state index contributed by atoms with van der Waals surface area (Å²) in [4.78, 5) is 11.4. The number of hydrogen-bond acceptors (Lipinski definition) is 1. The van der Waals surface area contributed by atoms with Crippen molar-refractivity contribution in [3.05, 3.63) is 0 Å². The minimum atomic E-state index is 0.202. The van der Waals surface area contributed by atoms with Gasteiger partial charge in [0.05, 0.1) is 0 Å². The second-order valence-corrected chi connectivity index (χ2v) is 4.92. The molecule has 0 aliphatic heterocycles. The highest BCUT2D eigenvalue weighted by Crippen LogP contribution is 2.06. The zero-order valence-electron chi connectivity index (χ0n) is 10.8. The van der Waals surface area contributed by atoms with Crippen molar-refractivity contribution in [3.63, 3.8) is 0 Å². The van der Waals surface area contributed by atoms with Crippen LogP contribution in [0.25, 0.3) is 0 Å². The number of rotatable bonds is 8. The quantitative estimate of drug-likeness (QED) is 0.614. The van der Waals surface area contributed by atoms with E-state index >= 15 is 0 Å². The van der Waals surface area contributed by atoms with Gasteiger partial charge in [0.1, 0.15) is 0 Å². The van der Waals surface area contributed by atoms with Crippen LogP contribution in [-0.4, -0.2) is 11.9 Å². The SMILES string of the molecule is CCCCCCC(C)NC(=O)CC(C)C. The molecule has 0 fully saturated rings. The van der Waals surface area contributed by atoms with Gasteiger partial charge in [-0.2, -0.15) is 0 Å². The van der Waals surface area contributed by atoms with Gasteiger partial charge < -0.3 is 5.32 Å². The first-order valence-electron chi connectivity index (χ1n) is 6.35. The maximum atomic E-state index is 11.4. The summed E-state index contributed by atoms with van der Waals surface area (Å²) in [6.07, 6.45) is 6.88. The van der Waals surface area contributed by atoms with Crippen molar-refractivity contribution in [2.24, 2.45) is 5.92 Å². The lowest BCUT2D eigenvalue weighted by atomic mass is 10.1. The molecule has 0 spiro atoms. The van der Waals surface area contributed by atoms with E-state index in [1.807, 2.05) is 0 Å². The molecule has 1 atom stereocenters. The predicted molar refractivity (Wildman–Crippen MR) is 65.8 cm³/mol. The van der Waals surface area contributed by atoms with E-state index in [-0.39, 0.29) is 5.91 Å². The van der Waals surface area contributed by atoms with Gasteiger partial charge in [-0.25, -0.2) is 0 Å². The molecule has 15 heavy (non-hydrogen) atoms. The predicted octanol–water partition coefficient (Wildman–Crippen LogP) is 3.51. The lowest BCUT2D eigenvalue weighted by molar-refractivity contribution is -0.122. The summed E-state index contributed by atoms with van der Waals surface area (Å²) in [6, 6.07) is 0.341. The Balaban J connectivity index is 3.46. The number of carbonyl (C=O) groups is 1. The Kier molecular flexibility index (Phi) is 8.44. The highest BCUT2D eigenvalue weighted by Gasteiger charge is 2.08. The average molecular weight is 213 g/mol. The van der Waals surface area contributed by atoms with E-state index in [2.05, 4.69) is 33.0 Å². The molecule has 2 nitrogen and oxygen atoms in total. The summed E-state index contributed by atoms with van der Waals surface area (Å²) < 4.78 is 0. The molecule has 0 aromatic carbocycles. The number of amides is 1. The molecular weight excluding hydrogens is 186 g/mol. The van der Waals surface area contributed by atoms with Crippen LogP contribution in [-0.2, 0) is 4.79 Å². The summed E-state index contributed by atoms with van der Waals surface area (Å²) >= 11 is 0. The van der Waals surface area contributed by atoms with Crippen molar-refractivity contribution >= 4 is 5.91 Å². The molecule has 1 N–H and O–H groups in total. The molecule has 0 aliphatic rings. The molecule has 0 aromatic rings. The molecule has 0 saturated carbocycles. The van der Waals surface area contributed by atoms with Gasteiger partial charge in [-0.05, 0) is 19.3 Å². The van der Waals surface area contributed by atoms with Crippen molar-refractivity contribution in [1.82, 2.24) is 5.32 Å². The van der Waals surface area contributed by atoms with Gasteiger partial charge in [0.25, 0.3) is 0 Å². The third-order valence-electron chi connectivity index (χ3n) is 2.49. The second kappa shape index (κ2) is 8.75. The number of hydrogen-bond donors (Lipinski definition) is 1. The second-order valence-electron chi connectivity index (χ2n) is 4.92. The van der Waals surface area contributed by atoms with Crippen LogP contribution in [0.5, 0.6) is 0 Å². The number of carbonyl (C=O) groups excluding carboxylic acids is 1. The van der Waals surface area contributed by atoms with Crippen LogP contribution in [0.15, 0.2) is 0 Å². The number of nitrogens with one attached hydrogen (secondary N) is 1. The topological polar surface area (TPSA) is 29.1 Å². The van der Waals surface area contributed by atoms with E-state index < -0.39 is 0 Å². The Bertz CT molecular complexity index is 166. The first kappa shape index (κ1) is 14.5. The summed E-state index contributed by atoms with van der Waals surface area (Å²) in [5, 5.41) is 3.05.